The molecule has 0 aliphatic rings. The summed E-state index contributed by atoms with van der Waals surface area (Å²) >= 11 is 0. The highest BCUT2D eigenvalue weighted by Crippen LogP contribution is 2.10. The molecule has 0 radical (unpaired) electrons. The van der Waals surface area contributed by atoms with Crippen molar-refractivity contribution in [2.24, 2.45) is 17.2 Å². The van der Waals surface area contributed by atoms with Gasteiger partial charge in [0.25, 0.3) is 0 Å². The Balaban J connectivity index is 5.64. The lowest BCUT2D eigenvalue weighted by Crippen LogP contribution is -2.60. The Kier molecular flexibility index (Phi) is 12.3. The van der Waals surface area contributed by atoms with Gasteiger partial charge >= 0.3 is 0 Å². The van der Waals surface area contributed by atoms with Gasteiger partial charge in [-0.2, -0.15) is 0 Å². The van der Waals surface area contributed by atoms with E-state index in [4.69, 9.17) is 27.4 Å². The largest absolute Gasteiger partial charge is 0.396 e. The highest BCUT2D eigenvalue weighted by Gasteiger charge is 2.36. The lowest BCUT2D eigenvalue weighted by molar-refractivity contribution is -0.146. The van der Waals surface area contributed by atoms with Crippen LogP contribution in [0.15, 0.2) is 0 Å². The molecule has 5 amide bonds. The number of nitrogens with two attached hydrogens (primary N) is 3. The van der Waals surface area contributed by atoms with Crippen molar-refractivity contribution >= 4 is 29.5 Å². The summed E-state index contributed by atoms with van der Waals surface area (Å²) in [7, 11) is 1.17. The Morgan fingerprint density at radius 3 is 1.94 bits per heavy atom. The fraction of sp³-hybridized carbons (Fsp3) is 0.706. The zero-order valence-corrected chi connectivity index (χ0v) is 17.5. The lowest BCUT2D eigenvalue weighted by atomic mass is 10.0. The fourth-order valence-corrected chi connectivity index (χ4v) is 2.68. The van der Waals surface area contributed by atoms with Gasteiger partial charge in [-0.1, -0.05) is 0 Å². The number of nitrogens with zero attached hydrogens (tertiary/aromatic N) is 1. The van der Waals surface area contributed by atoms with Gasteiger partial charge in [-0.25, -0.2) is 0 Å². The van der Waals surface area contributed by atoms with E-state index < -0.39 is 73.0 Å². The molecule has 0 aliphatic heterocycles. The molecule has 0 saturated heterocycles. The van der Waals surface area contributed by atoms with Crippen LogP contribution in [0.1, 0.15) is 26.2 Å². The molecule has 0 heterocycles. The van der Waals surface area contributed by atoms with Crippen molar-refractivity contribution in [3.05, 3.63) is 0 Å². The van der Waals surface area contributed by atoms with E-state index >= 15 is 0 Å². The maximum atomic E-state index is 12.9. The summed E-state index contributed by atoms with van der Waals surface area (Å²) in [4.78, 5) is 60.9. The maximum absolute atomic E-state index is 12.9. The van der Waals surface area contributed by atoms with Crippen LogP contribution in [0, 0.1) is 0 Å². The molecule has 0 rings (SSSR count). The predicted molar refractivity (Wildman–Crippen MR) is 106 cm³/mol. The molecule has 31 heavy (non-hydrogen) atoms. The number of hydrogen-bond acceptors (Lipinski definition) is 9. The van der Waals surface area contributed by atoms with E-state index in [0.717, 1.165) is 4.90 Å². The van der Waals surface area contributed by atoms with Gasteiger partial charge in [-0.15, -0.1) is 0 Å². The monoisotopic (exact) mass is 448 g/mol. The molecule has 14 heteroatoms. The summed E-state index contributed by atoms with van der Waals surface area (Å²) < 4.78 is 0. The third-order valence-corrected chi connectivity index (χ3v) is 4.40. The number of carbonyl (C=O) groups excluding carboxylic acids is 5. The zero-order valence-electron chi connectivity index (χ0n) is 17.5. The van der Waals surface area contributed by atoms with Crippen LogP contribution in [-0.2, 0) is 24.0 Å². The second kappa shape index (κ2) is 13.5. The summed E-state index contributed by atoms with van der Waals surface area (Å²) in [6, 6.07) is -5.43. The Morgan fingerprint density at radius 1 is 0.968 bits per heavy atom. The Morgan fingerprint density at radius 2 is 1.52 bits per heavy atom. The van der Waals surface area contributed by atoms with Crippen LogP contribution in [0.5, 0.6) is 0 Å². The fourth-order valence-electron chi connectivity index (χ4n) is 2.68. The van der Waals surface area contributed by atoms with Crippen LogP contribution in [-0.4, -0.2) is 100 Å². The first-order valence-corrected chi connectivity index (χ1v) is 9.47. The van der Waals surface area contributed by atoms with Crippen molar-refractivity contribution in [2.75, 3.05) is 20.3 Å². The van der Waals surface area contributed by atoms with E-state index in [1.165, 1.54) is 14.0 Å². The van der Waals surface area contributed by atoms with Crippen LogP contribution in [0.2, 0.25) is 0 Å². The Hall–Kier alpha value is -2.81. The summed E-state index contributed by atoms with van der Waals surface area (Å²) in [5, 5.41) is 32.6. The molecular weight excluding hydrogens is 416 g/mol. The first-order chi connectivity index (χ1) is 14.4. The average Bonchev–Trinajstić information content (AvgIpc) is 2.68. The number of likely N-dealkylation sites (N-methyl/N-ethyl adjacent to an activating group) is 1. The van der Waals surface area contributed by atoms with E-state index in [0.29, 0.717) is 0 Å². The van der Waals surface area contributed by atoms with Crippen LogP contribution < -0.4 is 27.8 Å². The SMILES string of the molecule is CC(O)C(C(=O)N[C@@H](CCO)C(N)=O)N(C)C(=O)C(CCC(N)=O)NC(=O)[C@@H](N)CO. The van der Waals surface area contributed by atoms with E-state index in [1.54, 1.807) is 0 Å². The third kappa shape index (κ3) is 9.25. The molecule has 0 aromatic rings. The normalized spacial score (nSPS) is 15.7. The van der Waals surface area contributed by atoms with Crippen molar-refractivity contribution in [1.82, 2.24) is 15.5 Å². The number of amides is 5. The van der Waals surface area contributed by atoms with E-state index in [1.807, 2.05) is 0 Å². The number of nitrogens with one attached hydrogen (secondary N) is 2. The highest BCUT2D eigenvalue weighted by molar-refractivity contribution is 5.95. The van der Waals surface area contributed by atoms with Crippen LogP contribution in [0.4, 0.5) is 0 Å². The molecule has 0 aromatic carbocycles. The summed E-state index contributed by atoms with van der Waals surface area (Å²) in [6.45, 7) is 0.0722. The van der Waals surface area contributed by atoms with Gasteiger partial charge in [0.2, 0.25) is 29.5 Å². The number of aliphatic hydroxyl groups excluding tert-OH is 3. The smallest absolute Gasteiger partial charge is 0.246 e. The number of rotatable bonds is 14. The number of carbonyl (C=O) groups is 5. The minimum absolute atomic E-state index is 0.179. The van der Waals surface area contributed by atoms with Gasteiger partial charge in [0, 0.05) is 20.1 Å². The second-order valence-corrected chi connectivity index (χ2v) is 6.97. The topological polar surface area (TPSA) is 251 Å². The quantitative estimate of drug-likeness (QED) is 0.126. The molecule has 0 bridgehead atoms. The van der Waals surface area contributed by atoms with E-state index in [-0.39, 0.29) is 19.3 Å². The maximum Gasteiger partial charge on any atom is 0.246 e. The van der Waals surface area contributed by atoms with Crippen molar-refractivity contribution in [3.8, 4) is 0 Å². The molecule has 0 spiro atoms. The van der Waals surface area contributed by atoms with Crippen molar-refractivity contribution in [1.29, 1.82) is 0 Å². The summed E-state index contributed by atoms with van der Waals surface area (Å²) in [5.41, 5.74) is 15.7. The van der Waals surface area contributed by atoms with Gasteiger partial charge in [0.05, 0.1) is 12.7 Å². The second-order valence-electron chi connectivity index (χ2n) is 6.97. The van der Waals surface area contributed by atoms with Gasteiger partial charge in [0.1, 0.15) is 24.2 Å². The van der Waals surface area contributed by atoms with Gasteiger partial charge < -0.3 is 48.1 Å². The Bertz CT molecular complexity index is 659. The van der Waals surface area contributed by atoms with Gasteiger partial charge in [0.15, 0.2) is 0 Å². The summed E-state index contributed by atoms with van der Waals surface area (Å²) in [6.07, 6.45) is -2.11. The van der Waals surface area contributed by atoms with Gasteiger partial charge in [-0.3, -0.25) is 24.0 Å². The molecule has 0 saturated carbocycles. The average molecular weight is 448 g/mol. The van der Waals surface area contributed by atoms with Crippen molar-refractivity contribution in [2.45, 2.75) is 56.5 Å². The number of aliphatic hydroxyl groups is 3. The van der Waals surface area contributed by atoms with Crippen LogP contribution >= 0.6 is 0 Å². The molecule has 11 N–H and O–H groups in total. The van der Waals surface area contributed by atoms with Crippen molar-refractivity contribution < 1.29 is 39.3 Å². The number of primary amides is 2. The van der Waals surface area contributed by atoms with Crippen LogP contribution in [0.25, 0.3) is 0 Å². The molecule has 178 valence electrons. The first kappa shape index (κ1) is 28.2. The third-order valence-electron chi connectivity index (χ3n) is 4.40. The minimum Gasteiger partial charge on any atom is -0.396 e. The molecule has 0 aromatic heterocycles. The van der Waals surface area contributed by atoms with Crippen LogP contribution in [0.3, 0.4) is 0 Å². The number of hydrogen-bond donors (Lipinski definition) is 8. The Labute approximate surface area is 179 Å². The van der Waals surface area contributed by atoms with Crippen molar-refractivity contribution in [3.63, 3.8) is 0 Å². The molecule has 0 aliphatic carbocycles. The van der Waals surface area contributed by atoms with Gasteiger partial charge in [-0.05, 0) is 19.8 Å². The molecule has 5 atom stereocenters. The molecule has 3 unspecified atom stereocenters. The zero-order chi connectivity index (χ0) is 24.3. The van der Waals surface area contributed by atoms with E-state index in [9.17, 15) is 29.1 Å². The summed E-state index contributed by atoms with van der Waals surface area (Å²) in [5.74, 6) is -4.35. The minimum atomic E-state index is -1.51. The molecule has 14 nitrogen and oxygen atoms in total. The predicted octanol–water partition coefficient (Wildman–Crippen LogP) is -5.38. The van der Waals surface area contributed by atoms with E-state index in [2.05, 4.69) is 10.6 Å². The highest BCUT2D eigenvalue weighted by atomic mass is 16.3. The molecule has 0 fully saturated rings. The molecular formula is C17H32N6O8. The standard InChI is InChI=1S/C17H32N6O8/c1-8(26)13(16(30)21-10(5-6-24)14(20)28)23(2)17(31)11(3-4-12(19)27)22-15(29)9(18)7-25/h8-11,13,24-26H,3-7,18H2,1-2H3,(H2,19,27)(H2,20,28)(H,21,30)(H,22,29)/t8?,9-,10-,11?,13?/m0/s1. The lowest BCUT2D eigenvalue weighted by Gasteiger charge is -2.33. The first-order valence-electron chi connectivity index (χ1n) is 9.47.